The molecule has 16 heavy (non-hydrogen) atoms. The maximum Gasteiger partial charge on any atom is 0.156 e. The Morgan fingerprint density at radius 2 is 2.38 bits per heavy atom. The molecule has 3 rings (SSSR count). The van der Waals surface area contributed by atoms with Crippen LogP contribution in [-0.2, 0) is 6.54 Å². The van der Waals surface area contributed by atoms with Crippen LogP contribution in [0.2, 0.25) is 0 Å². The summed E-state index contributed by atoms with van der Waals surface area (Å²) in [7, 11) is 0. The zero-order valence-electron chi connectivity index (χ0n) is 8.87. The minimum absolute atomic E-state index is 0.724. The van der Waals surface area contributed by atoms with Crippen LogP contribution in [0.25, 0.3) is 5.82 Å². The number of nitrogens with zero attached hydrogens (tertiary/aromatic N) is 4. The molecule has 0 saturated heterocycles. The predicted octanol–water partition coefficient (Wildman–Crippen LogP) is 0.914. The van der Waals surface area contributed by atoms with E-state index in [0.717, 1.165) is 18.4 Å². The van der Waals surface area contributed by atoms with Gasteiger partial charge in [-0.3, -0.25) is 0 Å². The minimum atomic E-state index is 0.724. The number of nitrogens with one attached hydrogen (secondary N) is 1. The predicted molar refractivity (Wildman–Crippen MR) is 59.0 cm³/mol. The molecule has 1 aliphatic rings. The normalized spacial score (nSPS) is 15.2. The SMILES string of the molecule is c1cc(-n2cc(CNC3CC3)cn2)ncn1. The van der Waals surface area contributed by atoms with E-state index in [2.05, 4.69) is 20.4 Å². The Bertz CT molecular complexity index is 460. The van der Waals surface area contributed by atoms with Crippen LogP contribution in [0.5, 0.6) is 0 Å². The Kier molecular flexibility index (Phi) is 2.38. The lowest BCUT2D eigenvalue weighted by molar-refractivity contribution is 0.687. The third kappa shape index (κ3) is 2.09. The van der Waals surface area contributed by atoms with Crippen LogP contribution in [0.1, 0.15) is 18.4 Å². The molecule has 0 unspecified atom stereocenters. The van der Waals surface area contributed by atoms with E-state index in [1.54, 1.807) is 10.9 Å². The molecule has 0 aromatic carbocycles. The van der Waals surface area contributed by atoms with Crippen molar-refractivity contribution in [3.05, 3.63) is 36.5 Å². The smallest absolute Gasteiger partial charge is 0.156 e. The fourth-order valence-corrected chi connectivity index (χ4v) is 1.55. The molecule has 1 fully saturated rings. The van der Waals surface area contributed by atoms with Crippen LogP contribution in [0.15, 0.2) is 31.0 Å². The van der Waals surface area contributed by atoms with Gasteiger partial charge >= 0.3 is 0 Å². The molecule has 2 aromatic rings. The Balaban J connectivity index is 1.71. The molecule has 5 heteroatoms. The van der Waals surface area contributed by atoms with Crippen molar-refractivity contribution in [1.82, 2.24) is 25.1 Å². The van der Waals surface area contributed by atoms with Gasteiger partial charge in [0.25, 0.3) is 0 Å². The van der Waals surface area contributed by atoms with Crippen molar-refractivity contribution >= 4 is 0 Å². The Morgan fingerprint density at radius 1 is 1.44 bits per heavy atom. The Morgan fingerprint density at radius 3 is 3.12 bits per heavy atom. The third-order valence-corrected chi connectivity index (χ3v) is 2.61. The van der Waals surface area contributed by atoms with Gasteiger partial charge in [-0.15, -0.1) is 0 Å². The molecule has 5 nitrogen and oxygen atoms in total. The first-order valence-electron chi connectivity index (χ1n) is 5.45. The molecule has 0 radical (unpaired) electrons. The summed E-state index contributed by atoms with van der Waals surface area (Å²) in [5, 5.41) is 7.72. The second-order valence-electron chi connectivity index (χ2n) is 4.02. The van der Waals surface area contributed by atoms with Crippen molar-refractivity contribution in [3.63, 3.8) is 0 Å². The van der Waals surface area contributed by atoms with E-state index in [0.29, 0.717) is 0 Å². The van der Waals surface area contributed by atoms with Gasteiger partial charge in [0.2, 0.25) is 0 Å². The highest BCUT2D eigenvalue weighted by molar-refractivity contribution is 5.20. The molecule has 0 bridgehead atoms. The highest BCUT2D eigenvalue weighted by Crippen LogP contribution is 2.19. The standard InChI is InChI=1S/C11H13N5/c1-2-10(1)13-5-9-6-15-16(7-9)11-3-4-12-8-14-11/h3-4,6-8,10,13H,1-2,5H2. The molecule has 2 heterocycles. The molecule has 2 aromatic heterocycles. The lowest BCUT2D eigenvalue weighted by atomic mass is 10.3. The van der Waals surface area contributed by atoms with E-state index in [4.69, 9.17) is 0 Å². The monoisotopic (exact) mass is 215 g/mol. The first-order valence-corrected chi connectivity index (χ1v) is 5.45. The topological polar surface area (TPSA) is 55.6 Å². The molecular formula is C11H13N5. The van der Waals surface area contributed by atoms with Crippen molar-refractivity contribution in [3.8, 4) is 5.82 Å². The third-order valence-electron chi connectivity index (χ3n) is 2.61. The van der Waals surface area contributed by atoms with Crippen LogP contribution in [0.4, 0.5) is 0 Å². The van der Waals surface area contributed by atoms with E-state index >= 15 is 0 Å². The maximum absolute atomic E-state index is 4.27. The molecule has 1 N–H and O–H groups in total. The average Bonchev–Trinajstić information content (AvgIpc) is 3.05. The number of hydrogen-bond donors (Lipinski definition) is 1. The summed E-state index contributed by atoms with van der Waals surface area (Å²) in [5.41, 5.74) is 1.19. The van der Waals surface area contributed by atoms with Crippen molar-refractivity contribution in [2.75, 3.05) is 0 Å². The molecule has 0 spiro atoms. The maximum atomic E-state index is 4.27. The summed E-state index contributed by atoms with van der Waals surface area (Å²) in [6.07, 6.45) is 9.72. The fraction of sp³-hybridized carbons (Fsp3) is 0.364. The van der Waals surface area contributed by atoms with Gasteiger partial charge in [-0.25, -0.2) is 14.6 Å². The van der Waals surface area contributed by atoms with Gasteiger partial charge in [-0.1, -0.05) is 0 Å². The quantitative estimate of drug-likeness (QED) is 0.823. The lowest BCUT2D eigenvalue weighted by Crippen LogP contribution is -2.14. The summed E-state index contributed by atoms with van der Waals surface area (Å²) < 4.78 is 1.77. The number of rotatable bonds is 4. The molecule has 0 atom stereocenters. The second-order valence-corrected chi connectivity index (χ2v) is 4.02. The summed E-state index contributed by atoms with van der Waals surface area (Å²) in [4.78, 5) is 8.02. The van der Waals surface area contributed by atoms with E-state index in [1.165, 1.54) is 24.7 Å². The van der Waals surface area contributed by atoms with Crippen LogP contribution in [-0.4, -0.2) is 25.8 Å². The Labute approximate surface area is 93.5 Å². The van der Waals surface area contributed by atoms with Gasteiger partial charge < -0.3 is 5.32 Å². The first kappa shape index (κ1) is 9.47. The van der Waals surface area contributed by atoms with E-state index in [1.807, 2.05) is 18.5 Å². The van der Waals surface area contributed by atoms with Crippen LogP contribution in [0, 0.1) is 0 Å². The van der Waals surface area contributed by atoms with E-state index < -0.39 is 0 Å². The molecular weight excluding hydrogens is 202 g/mol. The zero-order valence-corrected chi connectivity index (χ0v) is 8.87. The summed E-state index contributed by atoms with van der Waals surface area (Å²) in [5.74, 6) is 0.799. The van der Waals surface area contributed by atoms with Crippen LogP contribution >= 0.6 is 0 Å². The Hall–Kier alpha value is -1.75. The molecule has 1 saturated carbocycles. The molecule has 1 aliphatic carbocycles. The lowest BCUT2D eigenvalue weighted by Gasteiger charge is -1.99. The van der Waals surface area contributed by atoms with Crippen molar-refractivity contribution in [2.24, 2.45) is 0 Å². The number of hydrogen-bond acceptors (Lipinski definition) is 4. The zero-order chi connectivity index (χ0) is 10.8. The minimum Gasteiger partial charge on any atom is -0.310 e. The van der Waals surface area contributed by atoms with Gasteiger partial charge in [0, 0.05) is 36.6 Å². The first-order chi connectivity index (χ1) is 7.92. The highest BCUT2D eigenvalue weighted by atomic mass is 15.3. The fourth-order valence-electron chi connectivity index (χ4n) is 1.55. The van der Waals surface area contributed by atoms with Gasteiger partial charge in [0.1, 0.15) is 6.33 Å². The molecule has 82 valence electrons. The van der Waals surface area contributed by atoms with Gasteiger partial charge in [0.05, 0.1) is 6.20 Å². The van der Waals surface area contributed by atoms with E-state index in [-0.39, 0.29) is 0 Å². The van der Waals surface area contributed by atoms with Crippen molar-refractivity contribution in [2.45, 2.75) is 25.4 Å². The highest BCUT2D eigenvalue weighted by Gasteiger charge is 2.20. The van der Waals surface area contributed by atoms with Gasteiger partial charge in [-0.2, -0.15) is 5.10 Å². The van der Waals surface area contributed by atoms with Crippen molar-refractivity contribution in [1.29, 1.82) is 0 Å². The van der Waals surface area contributed by atoms with Crippen molar-refractivity contribution < 1.29 is 0 Å². The summed E-state index contributed by atoms with van der Waals surface area (Å²) in [6.45, 7) is 0.885. The van der Waals surface area contributed by atoms with Crippen LogP contribution < -0.4 is 5.32 Å². The summed E-state index contributed by atoms with van der Waals surface area (Å²) >= 11 is 0. The summed E-state index contributed by atoms with van der Waals surface area (Å²) in [6, 6.07) is 2.56. The largest absolute Gasteiger partial charge is 0.310 e. The van der Waals surface area contributed by atoms with Gasteiger partial charge in [-0.05, 0) is 12.8 Å². The molecule has 0 amide bonds. The number of aromatic nitrogens is 4. The van der Waals surface area contributed by atoms with Crippen LogP contribution in [0.3, 0.4) is 0 Å². The van der Waals surface area contributed by atoms with E-state index in [9.17, 15) is 0 Å². The molecule has 0 aliphatic heterocycles. The second kappa shape index (κ2) is 4.02. The average molecular weight is 215 g/mol. The van der Waals surface area contributed by atoms with Gasteiger partial charge in [0.15, 0.2) is 5.82 Å².